The highest BCUT2D eigenvalue weighted by atomic mass is 32.2. The van der Waals surface area contributed by atoms with Gasteiger partial charge in [-0.3, -0.25) is 9.89 Å². The van der Waals surface area contributed by atoms with Crippen LogP contribution < -0.4 is 10.2 Å². The van der Waals surface area contributed by atoms with Crippen LogP contribution in [-0.4, -0.2) is 93.6 Å². The van der Waals surface area contributed by atoms with E-state index in [-0.39, 0.29) is 5.75 Å². The third-order valence-corrected chi connectivity index (χ3v) is 8.84. The Labute approximate surface area is 188 Å². The molecule has 0 amide bonds. The van der Waals surface area contributed by atoms with Crippen LogP contribution in [-0.2, 0) is 9.84 Å². The van der Waals surface area contributed by atoms with Crippen LogP contribution in [0.15, 0.2) is 29.3 Å². The molecule has 31 heavy (non-hydrogen) atoms. The number of nitrogens with one attached hydrogen (secondary N) is 1. The smallest absolute Gasteiger partial charge is 0.193 e. The largest absolute Gasteiger partial charge is 0.369 e. The molecule has 0 unspecified atom stereocenters. The molecule has 0 aromatic heterocycles. The van der Waals surface area contributed by atoms with Gasteiger partial charge in [0.05, 0.1) is 10.5 Å². The van der Waals surface area contributed by atoms with E-state index in [9.17, 15) is 8.42 Å². The van der Waals surface area contributed by atoms with Crippen molar-refractivity contribution in [1.29, 1.82) is 0 Å². The Bertz CT molecular complexity index is 860. The van der Waals surface area contributed by atoms with Crippen LogP contribution in [0.1, 0.15) is 32.8 Å². The molecule has 2 aliphatic rings. The fourth-order valence-electron chi connectivity index (χ4n) is 4.28. The van der Waals surface area contributed by atoms with Crippen molar-refractivity contribution in [2.24, 2.45) is 4.99 Å². The van der Waals surface area contributed by atoms with Crippen LogP contribution >= 0.6 is 0 Å². The zero-order valence-electron chi connectivity index (χ0n) is 19.6. The summed E-state index contributed by atoms with van der Waals surface area (Å²) < 4.78 is 23.9. The lowest BCUT2D eigenvalue weighted by Crippen LogP contribution is -2.57. The lowest BCUT2D eigenvalue weighted by Gasteiger charge is -2.39. The number of anilines is 1. The minimum atomic E-state index is -3.04. The van der Waals surface area contributed by atoms with Crippen molar-refractivity contribution >= 4 is 21.5 Å². The highest BCUT2D eigenvalue weighted by Gasteiger charge is 2.40. The normalized spacial score (nSPS) is 21.9. The summed E-state index contributed by atoms with van der Waals surface area (Å²) in [6.45, 7) is 15.7. The molecule has 0 aliphatic carbocycles. The molecule has 1 aromatic rings. The van der Waals surface area contributed by atoms with E-state index in [2.05, 4.69) is 58.1 Å². The summed E-state index contributed by atoms with van der Waals surface area (Å²) in [6.07, 6.45) is 1.01. The standard InChI is InChI=1S/C23H39N5O2S/c1-5-24-22(28-16-17-31(29,30)23(3,4)19-28)25-10-7-11-26-12-14-27(15-13-26)21-9-6-8-20(2)18-21/h6,8-9,18H,5,7,10-17,19H2,1-4H3,(H,24,25). The number of benzene rings is 1. The Hall–Kier alpha value is -1.80. The fourth-order valence-corrected chi connectivity index (χ4v) is 5.65. The van der Waals surface area contributed by atoms with Gasteiger partial charge in [-0.05, 0) is 51.8 Å². The van der Waals surface area contributed by atoms with E-state index in [1.165, 1.54) is 11.3 Å². The number of hydrogen-bond acceptors (Lipinski definition) is 5. The summed E-state index contributed by atoms with van der Waals surface area (Å²) in [5, 5.41) is 3.35. The van der Waals surface area contributed by atoms with E-state index in [1.807, 2.05) is 13.8 Å². The third kappa shape index (κ3) is 6.13. The van der Waals surface area contributed by atoms with Crippen molar-refractivity contribution in [3.63, 3.8) is 0 Å². The number of rotatable bonds is 6. The van der Waals surface area contributed by atoms with E-state index in [1.54, 1.807) is 0 Å². The van der Waals surface area contributed by atoms with Gasteiger partial charge in [-0.15, -0.1) is 0 Å². The van der Waals surface area contributed by atoms with Crippen molar-refractivity contribution in [2.45, 2.75) is 38.9 Å². The Morgan fingerprint density at radius 3 is 2.55 bits per heavy atom. The van der Waals surface area contributed by atoms with Gasteiger partial charge in [0.25, 0.3) is 0 Å². The number of guanidine groups is 1. The maximum atomic E-state index is 12.3. The lowest BCUT2D eigenvalue weighted by molar-refractivity contribution is 0.256. The molecular weight excluding hydrogens is 410 g/mol. The van der Waals surface area contributed by atoms with Gasteiger partial charge in [0, 0.05) is 64.6 Å². The number of hydrogen-bond donors (Lipinski definition) is 1. The predicted octanol–water partition coefficient (Wildman–Crippen LogP) is 1.98. The maximum absolute atomic E-state index is 12.3. The Kier molecular flexibility index (Phi) is 7.86. The van der Waals surface area contributed by atoms with E-state index in [0.29, 0.717) is 13.1 Å². The van der Waals surface area contributed by atoms with Crippen LogP contribution in [0.25, 0.3) is 0 Å². The van der Waals surface area contributed by atoms with Crippen molar-refractivity contribution in [1.82, 2.24) is 15.1 Å². The van der Waals surface area contributed by atoms with Gasteiger partial charge < -0.3 is 15.1 Å². The summed E-state index contributed by atoms with van der Waals surface area (Å²) in [6, 6.07) is 8.74. The molecule has 174 valence electrons. The molecule has 2 heterocycles. The molecule has 0 spiro atoms. The van der Waals surface area contributed by atoms with Crippen molar-refractivity contribution in [3.8, 4) is 0 Å². The van der Waals surface area contributed by atoms with Crippen LogP contribution in [0.2, 0.25) is 0 Å². The number of aliphatic imine (C=N–C) groups is 1. The molecule has 8 heteroatoms. The van der Waals surface area contributed by atoms with Crippen LogP contribution in [0.5, 0.6) is 0 Å². The summed E-state index contributed by atoms with van der Waals surface area (Å²) in [7, 11) is -3.04. The molecule has 0 atom stereocenters. The first-order valence-corrected chi connectivity index (χ1v) is 13.2. The van der Waals surface area contributed by atoms with E-state index >= 15 is 0 Å². The first kappa shape index (κ1) is 23.9. The van der Waals surface area contributed by atoms with E-state index < -0.39 is 14.6 Å². The molecule has 3 rings (SSSR count). The lowest BCUT2D eigenvalue weighted by atomic mass is 10.2. The highest BCUT2D eigenvalue weighted by molar-refractivity contribution is 7.92. The molecule has 0 radical (unpaired) electrons. The molecule has 0 saturated carbocycles. The molecule has 1 aromatic carbocycles. The Morgan fingerprint density at radius 1 is 1.16 bits per heavy atom. The molecule has 7 nitrogen and oxygen atoms in total. The monoisotopic (exact) mass is 449 g/mol. The minimum Gasteiger partial charge on any atom is -0.369 e. The quantitative estimate of drug-likeness (QED) is 0.407. The van der Waals surface area contributed by atoms with Gasteiger partial charge in [-0.1, -0.05) is 12.1 Å². The van der Waals surface area contributed by atoms with Gasteiger partial charge in [-0.25, -0.2) is 8.42 Å². The van der Waals surface area contributed by atoms with Gasteiger partial charge in [0.2, 0.25) is 0 Å². The molecule has 1 N–H and O–H groups in total. The summed E-state index contributed by atoms with van der Waals surface area (Å²) in [5.74, 6) is 1.03. The second-order valence-corrected chi connectivity index (χ2v) is 12.0. The summed E-state index contributed by atoms with van der Waals surface area (Å²) in [4.78, 5) is 11.9. The summed E-state index contributed by atoms with van der Waals surface area (Å²) in [5.41, 5.74) is 2.63. The van der Waals surface area contributed by atoms with Gasteiger partial charge in [-0.2, -0.15) is 0 Å². The molecule has 2 saturated heterocycles. The first-order chi connectivity index (χ1) is 14.7. The number of piperazine rings is 1. The maximum Gasteiger partial charge on any atom is 0.193 e. The first-order valence-electron chi connectivity index (χ1n) is 11.5. The topological polar surface area (TPSA) is 68.2 Å². The zero-order valence-corrected chi connectivity index (χ0v) is 20.4. The van der Waals surface area contributed by atoms with E-state index in [4.69, 9.17) is 4.99 Å². The SMILES string of the molecule is CCNC(=NCCCN1CCN(c2cccc(C)c2)CC1)N1CCS(=O)(=O)C(C)(C)C1. The second kappa shape index (κ2) is 10.2. The number of aryl methyl sites for hydroxylation is 1. The zero-order chi connectivity index (χ0) is 22.5. The second-order valence-electron chi connectivity index (χ2n) is 9.26. The molecule has 2 fully saturated rings. The van der Waals surface area contributed by atoms with Crippen molar-refractivity contribution in [2.75, 3.05) is 69.6 Å². The van der Waals surface area contributed by atoms with Crippen molar-refractivity contribution < 1.29 is 8.42 Å². The minimum absolute atomic E-state index is 0.190. The van der Waals surface area contributed by atoms with Crippen molar-refractivity contribution in [3.05, 3.63) is 29.8 Å². The Morgan fingerprint density at radius 2 is 1.90 bits per heavy atom. The van der Waals surface area contributed by atoms with Crippen LogP contribution in [0.3, 0.4) is 0 Å². The number of nitrogens with zero attached hydrogens (tertiary/aromatic N) is 4. The average Bonchev–Trinajstić information content (AvgIpc) is 2.73. The molecule has 2 aliphatic heterocycles. The number of sulfone groups is 1. The molecule has 0 bridgehead atoms. The van der Waals surface area contributed by atoms with Gasteiger partial charge in [0.15, 0.2) is 15.8 Å². The molecular formula is C23H39N5O2S. The Balaban J connectivity index is 1.46. The average molecular weight is 450 g/mol. The van der Waals surface area contributed by atoms with Gasteiger partial charge >= 0.3 is 0 Å². The van der Waals surface area contributed by atoms with E-state index in [0.717, 1.165) is 58.2 Å². The fraction of sp³-hybridized carbons (Fsp3) is 0.696. The van der Waals surface area contributed by atoms with Crippen LogP contribution in [0.4, 0.5) is 5.69 Å². The van der Waals surface area contributed by atoms with Crippen LogP contribution in [0, 0.1) is 6.92 Å². The highest BCUT2D eigenvalue weighted by Crippen LogP contribution is 2.23. The predicted molar refractivity (Wildman–Crippen MR) is 130 cm³/mol. The summed E-state index contributed by atoms with van der Waals surface area (Å²) >= 11 is 0. The third-order valence-electron chi connectivity index (χ3n) is 6.31. The van der Waals surface area contributed by atoms with Gasteiger partial charge in [0.1, 0.15) is 0 Å².